The van der Waals surface area contributed by atoms with E-state index in [0.717, 1.165) is 10.2 Å². The fraction of sp³-hybridized carbons (Fsp3) is 0.0769. The Kier molecular flexibility index (Phi) is 7.23. The van der Waals surface area contributed by atoms with E-state index in [-0.39, 0.29) is 10.9 Å². The van der Waals surface area contributed by atoms with Crippen molar-refractivity contribution in [3.63, 3.8) is 0 Å². The van der Waals surface area contributed by atoms with Crippen LogP contribution in [-0.4, -0.2) is 6.29 Å². The van der Waals surface area contributed by atoms with Crippen LogP contribution in [0, 0.1) is 0 Å². The molecule has 0 amide bonds. The maximum atomic E-state index is 6.24. The van der Waals surface area contributed by atoms with Crippen LogP contribution in [0.15, 0.2) is 122 Å². The molecular formula is C26H21BrClO2S+. The zero-order valence-electron chi connectivity index (χ0n) is 16.9. The van der Waals surface area contributed by atoms with Gasteiger partial charge < -0.3 is 9.47 Å². The van der Waals surface area contributed by atoms with Gasteiger partial charge in [0.1, 0.15) is 11.5 Å². The molecule has 4 aromatic carbocycles. The Bertz CT molecular complexity index is 1080. The van der Waals surface area contributed by atoms with Gasteiger partial charge in [0.25, 0.3) is 0 Å². The van der Waals surface area contributed by atoms with Crippen molar-refractivity contribution in [3.8, 4) is 11.5 Å². The summed E-state index contributed by atoms with van der Waals surface area (Å²) in [6, 6.07) is 34.9. The highest BCUT2D eigenvalue weighted by atomic mass is 79.9. The van der Waals surface area contributed by atoms with E-state index in [1.54, 1.807) is 6.07 Å². The van der Waals surface area contributed by atoms with Crippen molar-refractivity contribution in [1.29, 1.82) is 0 Å². The van der Waals surface area contributed by atoms with Crippen LogP contribution in [0.1, 0.15) is 6.92 Å². The maximum Gasteiger partial charge on any atom is 0.238 e. The molecule has 2 nitrogen and oxygen atoms in total. The summed E-state index contributed by atoms with van der Waals surface area (Å²) in [5.41, 5.74) is 0. The molecule has 0 saturated carbocycles. The van der Waals surface area contributed by atoms with Gasteiger partial charge in [-0.2, -0.15) is 0 Å². The van der Waals surface area contributed by atoms with Crippen molar-refractivity contribution in [3.05, 3.63) is 113 Å². The Morgan fingerprint density at radius 2 is 1.26 bits per heavy atom. The summed E-state index contributed by atoms with van der Waals surface area (Å²) < 4.78 is 12.7. The molecule has 0 radical (unpaired) electrons. The monoisotopic (exact) mass is 511 g/mol. The second-order valence-corrected chi connectivity index (χ2v) is 10.1. The molecule has 4 aromatic rings. The van der Waals surface area contributed by atoms with Gasteiger partial charge in [-0.05, 0) is 66.7 Å². The first-order chi connectivity index (χ1) is 15.1. The number of ether oxygens (including phenoxy) is 2. The summed E-state index contributed by atoms with van der Waals surface area (Å²) in [5.74, 6) is 1.33. The summed E-state index contributed by atoms with van der Waals surface area (Å²) in [6.07, 6.45) is -0.481. The second-order valence-electron chi connectivity index (χ2n) is 6.78. The Balaban J connectivity index is 1.52. The molecule has 5 heteroatoms. The standard InChI is InChI=1S/C26H21BrClO2S/c1-19(30-26-17-12-20(27)18-25(26)28)29-21-13-15-24(16-14-21)31(22-8-4-2-5-9-22)23-10-6-3-7-11-23/h2-19H,1H3/q+1. The average molecular weight is 513 g/mol. The molecule has 0 spiro atoms. The molecule has 31 heavy (non-hydrogen) atoms. The van der Waals surface area contributed by atoms with Gasteiger partial charge in [0.05, 0.1) is 15.9 Å². The number of benzene rings is 4. The van der Waals surface area contributed by atoms with Crippen molar-refractivity contribution in [2.24, 2.45) is 0 Å². The first-order valence-electron chi connectivity index (χ1n) is 9.83. The molecule has 1 atom stereocenters. The maximum absolute atomic E-state index is 6.24. The minimum atomic E-state index is -0.481. The van der Waals surface area contributed by atoms with Gasteiger partial charge >= 0.3 is 0 Å². The van der Waals surface area contributed by atoms with E-state index < -0.39 is 6.29 Å². The van der Waals surface area contributed by atoms with Crippen molar-refractivity contribution in [2.75, 3.05) is 0 Å². The summed E-state index contributed by atoms with van der Waals surface area (Å²) in [5, 5.41) is 0.537. The van der Waals surface area contributed by atoms with Crippen LogP contribution < -0.4 is 9.47 Å². The van der Waals surface area contributed by atoms with Crippen molar-refractivity contribution in [2.45, 2.75) is 27.9 Å². The van der Waals surface area contributed by atoms with Crippen molar-refractivity contribution in [1.82, 2.24) is 0 Å². The molecule has 0 heterocycles. The second kappa shape index (κ2) is 10.3. The molecule has 0 fully saturated rings. The molecule has 4 rings (SSSR count). The third kappa shape index (κ3) is 5.65. The van der Waals surface area contributed by atoms with Gasteiger partial charge in [-0.25, -0.2) is 0 Å². The molecular weight excluding hydrogens is 492 g/mol. The lowest BCUT2D eigenvalue weighted by Gasteiger charge is -2.17. The normalized spacial score (nSPS) is 11.9. The molecule has 156 valence electrons. The van der Waals surface area contributed by atoms with Gasteiger partial charge in [0, 0.05) is 11.4 Å². The Labute approximate surface area is 199 Å². The smallest absolute Gasteiger partial charge is 0.238 e. The van der Waals surface area contributed by atoms with Crippen LogP contribution in [0.4, 0.5) is 0 Å². The van der Waals surface area contributed by atoms with Gasteiger partial charge in [0.15, 0.2) is 14.7 Å². The van der Waals surface area contributed by atoms with Crippen LogP contribution >= 0.6 is 27.5 Å². The lowest BCUT2D eigenvalue weighted by atomic mass is 10.3. The summed E-state index contributed by atoms with van der Waals surface area (Å²) in [4.78, 5) is 3.79. The quantitative estimate of drug-likeness (QED) is 0.184. The molecule has 0 bridgehead atoms. The van der Waals surface area contributed by atoms with Crippen LogP contribution in [-0.2, 0) is 10.9 Å². The minimum absolute atomic E-state index is 0.181. The molecule has 0 aliphatic rings. The van der Waals surface area contributed by atoms with E-state index >= 15 is 0 Å². The largest absolute Gasteiger partial charge is 0.455 e. The first kappa shape index (κ1) is 21.8. The third-order valence-electron chi connectivity index (χ3n) is 4.51. The molecule has 0 aliphatic heterocycles. The van der Waals surface area contributed by atoms with Crippen molar-refractivity contribution >= 4 is 38.4 Å². The topological polar surface area (TPSA) is 18.5 Å². The summed E-state index contributed by atoms with van der Waals surface area (Å²) in [6.45, 7) is 1.85. The fourth-order valence-electron chi connectivity index (χ4n) is 3.14. The fourth-order valence-corrected chi connectivity index (χ4v) is 5.94. The number of hydrogen-bond acceptors (Lipinski definition) is 2. The lowest BCUT2D eigenvalue weighted by Crippen LogP contribution is -2.19. The predicted octanol–water partition coefficient (Wildman–Crippen LogP) is 8.00. The summed E-state index contributed by atoms with van der Waals surface area (Å²) >= 11 is 9.64. The van der Waals surface area contributed by atoms with Gasteiger partial charge in [-0.1, -0.05) is 63.9 Å². The third-order valence-corrected chi connectivity index (χ3v) is 7.53. The number of hydrogen-bond donors (Lipinski definition) is 0. The highest BCUT2D eigenvalue weighted by molar-refractivity contribution is 9.10. The van der Waals surface area contributed by atoms with Gasteiger partial charge in [0.2, 0.25) is 6.29 Å². The predicted molar refractivity (Wildman–Crippen MR) is 131 cm³/mol. The zero-order chi connectivity index (χ0) is 21.6. The number of halogens is 2. The number of rotatable bonds is 7. The van der Waals surface area contributed by atoms with Crippen LogP contribution in [0.3, 0.4) is 0 Å². The first-order valence-corrected chi connectivity index (χ1v) is 12.2. The van der Waals surface area contributed by atoms with Crippen molar-refractivity contribution < 1.29 is 9.47 Å². The minimum Gasteiger partial charge on any atom is -0.455 e. The van der Waals surface area contributed by atoms with Crippen LogP contribution in [0.2, 0.25) is 5.02 Å². The molecule has 0 aliphatic carbocycles. The SMILES string of the molecule is CC(Oc1ccc([S+](c2ccccc2)c2ccccc2)cc1)Oc1ccc(Br)cc1Cl. The summed E-state index contributed by atoms with van der Waals surface area (Å²) in [7, 11) is -0.181. The molecule has 0 aromatic heterocycles. The highest BCUT2D eigenvalue weighted by Gasteiger charge is 2.28. The van der Waals surface area contributed by atoms with Crippen LogP contribution in [0.5, 0.6) is 11.5 Å². The van der Waals surface area contributed by atoms with E-state index in [1.807, 2.05) is 43.3 Å². The van der Waals surface area contributed by atoms with E-state index in [1.165, 1.54) is 14.7 Å². The average Bonchev–Trinajstić information content (AvgIpc) is 2.79. The van der Waals surface area contributed by atoms with Gasteiger partial charge in [-0.3, -0.25) is 0 Å². The molecule has 0 saturated heterocycles. The Morgan fingerprint density at radius 3 is 1.81 bits per heavy atom. The van der Waals surface area contributed by atoms with E-state index in [4.69, 9.17) is 21.1 Å². The Morgan fingerprint density at radius 1 is 0.710 bits per heavy atom. The zero-order valence-corrected chi connectivity index (χ0v) is 20.0. The van der Waals surface area contributed by atoms with E-state index in [0.29, 0.717) is 10.8 Å². The molecule has 1 unspecified atom stereocenters. The lowest BCUT2D eigenvalue weighted by molar-refractivity contribution is 0.0223. The van der Waals surface area contributed by atoms with E-state index in [2.05, 4.69) is 76.6 Å². The Hall–Kier alpha value is -2.40. The van der Waals surface area contributed by atoms with E-state index in [9.17, 15) is 0 Å². The highest BCUT2D eigenvalue weighted by Crippen LogP contribution is 2.32. The van der Waals surface area contributed by atoms with Gasteiger partial charge in [-0.15, -0.1) is 0 Å². The van der Waals surface area contributed by atoms with Crippen LogP contribution in [0.25, 0.3) is 0 Å². The molecule has 0 N–H and O–H groups in total.